The van der Waals surface area contributed by atoms with E-state index < -0.39 is 10.0 Å². The van der Waals surface area contributed by atoms with Crippen molar-refractivity contribution in [1.82, 2.24) is 19.3 Å². The lowest BCUT2D eigenvalue weighted by Crippen LogP contribution is -2.30. The number of hydrogen-bond donors (Lipinski definition) is 0. The third-order valence-corrected chi connectivity index (χ3v) is 7.98. The number of benzene rings is 1. The molecule has 0 saturated heterocycles. The summed E-state index contributed by atoms with van der Waals surface area (Å²) in [6, 6.07) is 11.5. The van der Waals surface area contributed by atoms with Gasteiger partial charge in [-0.1, -0.05) is 30.0 Å². The first-order valence-corrected chi connectivity index (χ1v) is 13.8. The molecule has 3 aromatic rings. The fourth-order valence-electron chi connectivity index (χ4n) is 4.14. The molecule has 0 aliphatic heterocycles. The average Bonchev–Trinajstić information content (AvgIpc) is 3.45. The van der Waals surface area contributed by atoms with Crippen molar-refractivity contribution in [1.29, 1.82) is 0 Å². The quantitative estimate of drug-likeness (QED) is 0.317. The standard InChI is InChI=1S/C23H29N5O3S2/c1-5-26-22(14-27(33(4,30)31)18-9-7-6-8-10-18)24-25-23(26)32-15-21(29)20-13-16(2)28(17(20)3)19-11-12-19/h6-10,13,19H,5,11-12,14-15H2,1-4H3. The van der Waals surface area contributed by atoms with E-state index in [1.54, 1.807) is 24.3 Å². The van der Waals surface area contributed by atoms with E-state index in [9.17, 15) is 13.2 Å². The zero-order valence-electron chi connectivity index (χ0n) is 19.4. The van der Waals surface area contributed by atoms with Gasteiger partial charge in [-0.2, -0.15) is 0 Å². The Morgan fingerprint density at radius 2 is 1.88 bits per heavy atom. The van der Waals surface area contributed by atoms with Crippen LogP contribution in [0, 0.1) is 13.8 Å². The smallest absolute Gasteiger partial charge is 0.232 e. The number of Topliss-reactive ketones (excluding diaryl/α,β-unsaturated/α-hetero) is 1. The molecule has 1 aromatic carbocycles. The maximum absolute atomic E-state index is 13.0. The van der Waals surface area contributed by atoms with Crippen molar-refractivity contribution in [2.24, 2.45) is 0 Å². The van der Waals surface area contributed by atoms with Gasteiger partial charge < -0.3 is 9.13 Å². The molecule has 176 valence electrons. The van der Waals surface area contributed by atoms with Gasteiger partial charge in [-0.05, 0) is 51.8 Å². The number of anilines is 1. The third-order valence-electron chi connectivity index (χ3n) is 5.87. The van der Waals surface area contributed by atoms with Gasteiger partial charge in [-0.3, -0.25) is 9.10 Å². The van der Waals surface area contributed by atoms with Gasteiger partial charge in [0.15, 0.2) is 16.8 Å². The van der Waals surface area contributed by atoms with Gasteiger partial charge in [0.25, 0.3) is 0 Å². The van der Waals surface area contributed by atoms with Crippen LogP contribution in [-0.2, 0) is 23.1 Å². The highest BCUT2D eigenvalue weighted by atomic mass is 32.2. The van der Waals surface area contributed by atoms with E-state index >= 15 is 0 Å². The normalized spacial score (nSPS) is 13.9. The molecule has 2 aromatic heterocycles. The molecule has 4 rings (SSSR count). The second-order valence-electron chi connectivity index (χ2n) is 8.35. The molecule has 10 heteroatoms. The Bertz CT molecular complexity index is 1260. The van der Waals surface area contributed by atoms with E-state index in [0.717, 1.165) is 17.0 Å². The van der Waals surface area contributed by atoms with Crippen LogP contribution in [0.1, 0.15) is 53.4 Å². The molecular weight excluding hydrogens is 458 g/mol. The minimum Gasteiger partial charge on any atom is -0.345 e. The SMILES string of the molecule is CCn1c(CN(c2ccccc2)S(C)(=O)=O)nnc1SCC(=O)c1cc(C)n(C2CC2)c1C. The zero-order chi connectivity index (χ0) is 23.8. The number of rotatable bonds is 10. The summed E-state index contributed by atoms with van der Waals surface area (Å²) >= 11 is 1.34. The van der Waals surface area contributed by atoms with Gasteiger partial charge in [0.05, 0.1) is 24.2 Å². The highest BCUT2D eigenvalue weighted by Gasteiger charge is 2.28. The molecule has 0 radical (unpaired) electrons. The second-order valence-corrected chi connectivity index (χ2v) is 11.2. The Kier molecular flexibility index (Phi) is 6.67. The molecule has 0 N–H and O–H groups in total. The van der Waals surface area contributed by atoms with Crippen LogP contribution >= 0.6 is 11.8 Å². The number of nitrogens with zero attached hydrogens (tertiary/aromatic N) is 5. The Hall–Kier alpha value is -2.59. The predicted molar refractivity (Wildman–Crippen MR) is 130 cm³/mol. The van der Waals surface area contributed by atoms with Gasteiger partial charge in [0, 0.05) is 29.5 Å². The molecule has 0 spiro atoms. The van der Waals surface area contributed by atoms with E-state index in [2.05, 4.69) is 21.7 Å². The Morgan fingerprint density at radius 3 is 2.48 bits per heavy atom. The molecule has 1 fully saturated rings. The topological polar surface area (TPSA) is 90.1 Å². The van der Waals surface area contributed by atoms with Crippen LogP contribution in [0.5, 0.6) is 0 Å². The van der Waals surface area contributed by atoms with Crippen molar-refractivity contribution in [3.05, 3.63) is 59.2 Å². The third kappa shape index (κ3) is 5.01. The molecule has 8 nitrogen and oxygen atoms in total. The van der Waals surface area contributed by atoms with Crippen LogP contribution in [0.25, 0.3) is 0 Å². The Morgan fingerprint density at radius 1 is 1.18 bits per heavy atom. The number of aromatic nitrogens is 4. The number of carbonyl (C=O) groups excluding carboxylic acids is 1. The number of thioether (sulfide) groups is 1. The number of carbonyl (C=O) groups is 1. The highest BCUT2D eigenvalue weighted by Crippen LogP contribution is 2.38. The summed E-state index contributed by atoms with van der Waals surface area (Å²) in [7, 11) is -3.51. The van der Waals surface area contributed by atoms with E-state index in [-0.39, 0.29) is 18.1 Å². The molecule has 1 aliphatic carbocycles. The van der Waals surface area contributed by atoms with Crippen molar-refractivity contribution in [2.75, 3.05) is 16.3 Å². The first kappa shape index (κ1) is 23.6. The van der Waals surface area contributed by atoms with Crippen LogP contribution in [0.4, 0.5) is 5.69 Å². The minimum absolute atomic E-state index is 0.0641. The lowest BCUT2D eigenvalue weighted by atomic mass is 10.2. The summed E-state index contributed by atoms with van der Waals surface area (Å²) in [6.07, 6.45) is 3.53. The maximum atomic E-state index is 13.0. The van der Waals surface area contributed by atoms with Gasteiger partial charge in [-0.15, -0.1) is 10.2 Å². The molecule has 0 atom stereocenters. The number of ketones is 1. The summed E-state index contributed by atoms with van der Waals surface area (Å²) in [5.41, 5.74) is 3.50. The van der Waals surface area contributed by atoms with E-state index in [4.69, 9.17) is 0 Å². The van der Waals surface area contributed by atoms with Gasteiger partial charge in [-0.25, -0.2) is 8.42 Å². The first-order valence-electron chi connectivity index (χ1n) is 11.0. The van der Waals surface area contributed by atoms with E-state index in [0.29, 0.717) is 29.3 Å². The van der Waals surface area contributed by atoms with Crippen LogP contribution in [0.15, 0.2) is 41.6 Å². The molecular formula is C23H29N5O3S2. The first-order chi connectivity index (χ1) is 15.7. The largest absolute Gasteiger partial charge is 0.345 e. The van der Waals surface area contributed by atoms with Crippen LogP contribution < -0.4 is 4.31 Å². The summed E-state index contributed by atoms with van der Waals surface area (Å²) in [4.78, 5) is 13.0. The molecule has 0 unspecified atom stereocenters. The Labute approximate surface area is 199 Å². The lowest BCUT2D eigenvalue weighted by Gasteiger charge is -2.22. The van der Waals surface area contributed by atoms with Gasteiger partial charge in [0.1, 0.15) is 0 Å². The minimum atomic E-state index is -3.51. The fraction of sp³-hybridized carbons (Fsp3) is 0.435. The number of hydrogen-bond acceptors (Lipinski definition) is 6. The van der Waals surface area contributed by atoms with E-state index in [1.807, 2.05) is 30.5 Å². The summed E-state index contributed by atoms with van der Waals surface area (Å²) < 4.78 is 30.3. The van der Waals surface area contributed by atoms with Crippen LogP contribution in [0.3, 0.4) is 0 Å². The molecule has 33 heavy (non-hydrogen) atoms. The van der Waals surface area contributed by atoms with Crippen molar-refractivity contribution >= 4 is 33.3 Å². The Balaban J connectivity index is 1.51. The van der Waals surface area contributed by atoms with Crippen molar-refractivity contribution in [2.45, 2.75) is 57.9 Å². The van der Waals surface area contributed by atoms with Crippen molar-refractivity contribution in [3.63, 3.8) is 0 Å². The highest BCUT2D eigenvalue weighted by molar-refractivity contribution is 7.99. The predicted octanol–water partition coefficient (Wildman–Crippen LogP) is 3.99. The molecule has 1 saturated carbocycles. The number of sulfonamides is 1. The molecule has 0 bridgehead atoms. The molecule has 0 amide bonds. The molecule has 2 heterocycles. The summed E-state index contributed by atoms with van der Waals surface area (Å²) in [6.45, 7) is 6.66. The second kappa shape index (κ2) is 9.34. The fourth-order valence-corrected chi connectivity index (χ4v) is 5.90. The lowest BCUT2D eigenvalue weighted by molar-refractivity contribution is 0.102. The molecule has 1 aliphatic rings. The van der Waals surface area contributed by atoms with Crippen molar-refractivity contribution in [3.8, 4) is 0 Å². The number of aryl methyl sites for hydroxylation is 1. The van der Waals surface area contributed by atoms with Crippen LogP contribution in [0.2, 0.25) is 0 Å². The van der Waals surface area contributed by atoms with E-state index in [1.165, 1.54) is 35.2 Å². The average molecular weight is 488 g/mol. The van der Waals surface area contributed by atoms with Gasteiger partial charge in [0.2, 0.25) is 10.0 Å². The summed E-state index contributed by atoms with van der Waals surface area (Å²) in [5, 5.41) is 9.13. The van der Waals surface area contributed by atoms with Gasteiger partial charge >= 0.3 is 0 Å². The van der Waals surface area contributed by atoms with Crippen LogP contribution in [-0.4, -0.2) is 45.5 Å². The van der Waals surface area contributed by atoms with Crippen molar-refractivity contribution < 1.29 is 13.2 Å². The zero-order valence-corrected chi connectivity index (χ0v) is 21.0. The number of para-hydroxylation sites is 1. The monoisotopic (exact) mass is 487 g/mol. The maximum Gasteiger partial charge on any atom is 0.232 e. The summed E-state index contributed by atoms with van der Waals surface area (Å²) in [5.74, 6) is 0.851.